The molecular formula is C26H43NO. The van der Waals surface area contributed by atoms with Gasteiger partial charge < -0.3 is 5.73 Å². The Balaban J connectivity index is 1.50. The van der Waals surface area contributed by atoms with Crippen molar-refractivity contribution in [3.8, 4) is 0 Å². The second-order valence-corrected chi connectivity index (χ2v) is 12.2. The number of rotatable bonds is 5. The Morgan fingerprint density at radius 2 is 1.79 bits per heavy atom. The summed E-state index contributed by atoms with van der Waals surface area (Å²) < 4.78 is 0. The average Bonchev–Trinajstić information content (AvgIpc) is 2.97. The maximum atomic E-state index is 11.4. The highest BCUT2D eigenvalue weighted by Gasteiger charge is 2.92. The normalized spacial score (nSPS) is 55.0. The van der Waals surface area contributed by atoms with E-state index in [4.69, 9.17) is 5.73 Å². The van der Waals surface area contributed by atoms with E-state index in [0.717, 1.165) is 30.1 Å². The lowest BCUT2D eigenvalue weighted by atomic mass is 9.50. The van der Waals surface area contributed by atoms with Crippen molar-refractivity contribution in [3.05, 3.63) is 0 Å². The maximum absolute atomic E-state index is 11.4. The Hall–Kier alpha value is -0.530. The largest absolute Gasteiger partial charge is 0.370 e. The summed E-state index contributed by atoms with van der Waals surface area (Å²) in [5, 5.41) is 0. The van der Waals surface area contributed by atoms with Crippen LogP contribution in [-0.2, 0) is 4.79 Å². The maximum Gasteiger partial charge on any atom is 0.217 e. The smallest absolute Gasteiger partial charge is 0.217 e. The third-order valence-corrected chi connectivity index (χ3v) is 12.1. The fourth-order valence-corrected chi connectivity index (χ4v) is 11.2. The highest BCUT2D eigenvalue weighted by molar-refractivity contribution is 5.73. The van der Waals surface area contributed by atoms with E-state index in [1.807, 2.05) is 0 Å². The first-order valence-electron chi connectivity index (χ1n) is 12.6. The molecule has 0 aliphatic heterocycles. The number of hydrogen-bond acceptors (Lipinski definition) is 1. The van der Waals surface area contributed by atoms with Crippen LogP contribution < -0.4 is 5.73 Å². The third-order valence-electron chi connectivity index (χ3n) is 12.1. The molecule has 0 saturated heterocycles. The fraction of sp³-hybridized carbons (Fsp3) is 0.962. The zero-order valence-corrected chi connectivity index (χ0v) is 18.9. The van der Waals surface area contributed by atoms with Gasteiger partial charge in [0.05, 0.1) is 0 Å². The Morgan fingerprint density at radius 3 is 2.50 bits per heavy atom. The van der Waals surface area contributed by atoms with Gasteiger partial charge >= 0.3 is 0 Å². The van der Waals surface area contributed by atoms with Gasteiger partial charge in [0, 0.05) is 6.42 Å². The Labute approximate surface area is 172 Å². The van der Waals surface area contributed by atoms with Gasteiger partial charge in [0.15, 0.2) is 0 Å². The third kappa shape index (κ3) is 1.95. The molecule has 2 heteroatoms. The SMILES string of the molecule is CC[C@H]1CC2C3(CCC4(C)C([C@H](C)CCC(N)=O)CCC243)C2(C)CCCCC12. The summed E-state index contributed by atoms with van der Waals surface area (Å²) in [7, 11) is 0. The fourth-order valence-electron chi connectivity index (χ4n) is 11.2. The van der Waals surface area contributed by atoms with Crippen molar-refractivity contribution in [2.45, 2.75) is 105 Å². The standard InChI is InChI=1S/C26H43NO/c1-5-18-16-21-25-13-11-19(17(2)9-10-22(27)28)24(25,4)14-15-26(21,25)23(3)12-7-6-8-20(18)23/h17-21H,5-16H2,1-4H3,(H2,27,28)/t17-,18+,19?,20?,21?,23?,24?,25?,26?/m1/s1. The molecule has 28 heavy (non-hydrogen) atoms. The molecule has 5 rings (SSSR count). The first-order valence-corrected chi connectivity index (χ1v) is 12.6. The molecule has 0 heterocycles. The predicted molar refractivity (Wildman–Crippen MR) is 114 cm³/mol. The lowest BCUT2D eigenvalue weighted by molar-refractivity contribution is -0.118. The van der Waals surface area contributed by atoms with Crippen LogP contribution in [0.4, 0.5) is 0 Å². The molecule has 0 bridgehead atoms. The van der Waals surface area contributed by atoms with E-state index in [0.29, 0.717) is 34.0 Å². The molecule has 0 aromatic heterocycles. The molecule has 5 saturated carbocycles. The highest BCUT2D eigenvalue weighted by Crippen LogP contribution is 2.97. The molecule has 2 N–H and O–H groups in total. The zero-order valence-electron chi connectivity index (χ0n) is 18.9. The van der Waals surface area contributed by atoms with Crippen molar-refractivity contribution in [2.75, 3.05) is 0 Å². The number of carbonyl (C=O) groups excluding carboxylic acids is 1. The molecule has 5 aliphatic carbocycles. The molecule has 2 nitrogen and oxygen atoms in total. The van der Waals surface area contributed by atoms with Crippen LogP contribution in [0.25, 0.3) is 0 Å². The molecule has 0 radical (unpaired) electrons. The monoisotopic (exact) mass is 385 g/mol. The van der Waals surface area contributed by atoms with Gasteiger partial charge in [-0.2, -0.15) is 0 Å². The first kappa shape index (κ1) is 19.4. The van der Waals surface area contributed by atoms with Gasteiger partial charge in [0.2, 0.25) is 5.91 Å². The lowest BCUT2D eigenvalue weighted by Crippen LogP contribution is -2.47. The van der Waals surface area contributed by atoms with Crippen molar-refractivity contribution in [3.63, 3.8) is 0 Å². The molecule has 0 aromatic rings. The molecule has 158 valence electrons. The summed E-state index contributed by atoms with van der Waals surface area (Å²) in [5.74, 6) is 4.33. The van der Waals surface area contributed by atoms with E-state index in [1.54, 1.807) is 0 Å². The second-order valence-electron chi connectivity index (χ2n) is 12.2. The summed E-state index contributed by atoms with van der Waals surface area (Å²) in [5.41, 5.74) is 7.92. The van der Waals surface area contributed by atoms with Crippen LogP contribution in [0.3, 0.4) is 0 Å². The van der Waals surface area contributed by atoms with Crippen LogP contribution in [0.2, 0.25) is 0 Å². The summed E-state index contributed by atoms with van der Waals surface area (Å²) in [6.45, 7) is 10.3. The van der Waals surface area contributed by atoms with E-state index in [2.05, 4.69) is 27.7 Å². The van der Waals surface area contributed by atoms with E-state index in [-0.39, 0.29) is 5.91 Å². The van der Waals surface area contributed by atoms with Gasteiger partial charge in [0.1, 0.15) is 0 Å². The Bertz CT molecular complexity index is 673. The van der Waals surface area contributed by atoms with Gasteiger partial charge in [-0.25, -0.2) is 0 Å². The van der Waals surface area contributed by atoms with Gasteiger partial charge in [-0.3, -0.25) is 4.79 Å². The van der Waals surface area contributed by atoms with Crippen LogP contribution in [0.5, 0.6) is 0 Å². The number of fused-ring (bicyclic) bond motifs is 1. The summed E-state index contributed by atoms with van der Waals surface area (Å²) in [6.07, 6.45) is 16.3. The number of primary amides is 1. The zero-order chi connectivity index (χ0) is 19.9. The first-order chi connectivity index (χ1) is 13.3. The lowest BCUT2D eigenvalue weighted by Gasteiger charge is -2.54. The number of hydrogen-bond donors (Lipinski definition) is 1. The number of carbonyl (C=O) groups is 1. The Kier molecular flexibility index (Phi) is 4.17. The summed E-state index contributed by atoms with van der Waals surface area (Å²) in [6, 6.07) is 0. The molecule has 5 fully saturated rings. The molecule has 7 unspecified atom stereocenters. The number of amides is 1. The minimum Gasteiger partial charge on any atom is -0.370 e. The second kappa shape index (κ2) is 6.01. The van der Waals surface area contributed by atoms with Crippen molar-refractivity contribution in [1.29, 1.82) is 0 Å². The van der Waals surface area contributed by atoms with Crippen LogP contribution in [0, 0.1) is 51.2 Å². The quantitative estimate of drug-likeness (QED) is 0.590. The molecule has 0 aromatic carbocycles. The Morgan fingerprint density at radius 1 is 1.04 bits per heavy atom. The van der Waals surface area contributed by atoms with Crippen molar-refractivity contribution in [2.24, 2.45) is 57.0 Å². The van der Waals surface area contributed by atoms with E-state index < -0.39 is 0 Å². The average molecular weight is 386 g/mol. The van der Waals surface area contributed by atoms with Crippen LogP contribution in [0.1, 0.15) is 105 Å². The van der Waals surface area contributed by atoms with Crippen LogP contribution >= 0.6 is 0 Å². The molecule has 9 atom stereocenters. The van der Waals surface area contributed by atoms with Crippen molar-refractivity contribution in [1.82, 2.24) is 0 Å². The van der Waals surface area contributed by atoms with Crippen molar-refractivity contribution >= 4 is 5.91 Å². The van der Waals surface area contributed by atoms with Crippen LogP contribution in [-0.4, -0.2) is 5.91 Å². The number of nitrogens with two attached hydrogens (primary N) is 1. The summed E-state index contributed by atoms with van der Waals surface area (Å²) >= 11 is 0. The topological polar surface area (TPSA) is 43.1 Å². The van der Waals surface area contributed by atoms with Gasteiger partial charge in [0.25, 0.3) is 0 Å². The summed E-state index contributed by atoms with van der Waals surface area (Å²) in [4.78, 5) is 11.4. The van der Waals surface area contributed by atoms with Gasteiger partial charge in [-0.15, -0.1) is 0 Å². The molecule has 5 aliphatic rings. The minimum atomic E-state index is -0.115. The van der Waals surface area contributed by atoms with E-state index in [1.165, 1.54) is 64.2 Å². The van der Waals surface area contributed by atoms with Gasteiger partial charge in [-0.1, -0.05) is 47.0 Å². The molecule has 2 spiro atoms. The minimum absolute atomic E-state index is 0.115. The van der Waals surface area contributed by atoms with E-state index >= 15 is 0 Å². The van der Waals surface area contributed by atoms with E-state index in [9.17, 15) is 4.79 Å². The van der Waals surface area contributed by atoms with Crippen molar-refractivity contribution < 1.29 is 4.79 Å². The highest BCUT2D eigenvalue weighted by atomic mass is 16.1. The van der Waals surface area contributed by atoms with Gasteiger partial charge in [-0.05, 0) is 103 Å². The molecule has 1 amide bonds. The molecular weight excluding hydrogens is 342 g/mol. The van der Waals surface area contributed by atoms with Crippen LogP contribution in [0.15, 0.2) is 0 Å². The predicted octanol–water partition coefficient (Wildman–Crippen LogP) is 6.33.